The van der Waals surface area contributed by atoms with Crippen molar-refractivity contribution in [1.82, 2.24) is 24.9 Å². The molecule has 4 N–H and O–H groups in total. The second kappa shape index (κ2) is 6.70. The molecule has 2 aromatic carbocycles. The normalized spacial score (nSPS) is 11.2. The Morgan fingerprint density at radius 2 is 1.93 bits per heavy atom. The van der Waals surface area contributed by atoms with E-state index in [1.807, 2.05) is 49.5 Å². The van der Waals surface area contributed by atoms with Gasteiger partial charge in [-0.2, -0.15) is 4.98 Å². The number of rotatable bonds is 5. The number of fused-ring (bicyclic) bond motifs is 2. The molecule has 3 aromatic heterocycles. The SMILES string of the molecule is Cc1cc(NCc2ccc3nc[nH]c3c2)nc(Nc2cccc3[nH]ccc23)n1. The Morgan fingerprint density at radius 1 is 0.964 bits per heavy atom. The molecule has 0 aliphatic carbocycles. The van der Waals surface area contributed by atoms with E-state index in [1.165, 1.54) is 0 Å². The zero-order valence-electron chi connectivity index (χ0n) is 15.3. The highest BCUT2D eigenvalue weighted by Gasteiger charge is 2.07. The summed E-state index contributed by atoms with van der Waals surface area (Å²) in [4.78, 5) is 19.8. The van der Waals surface area contributed by atoms with Crippen molar-refractivity contribution in [2.45, 2.75) is 13.5 Å². The fraction of sp³-hybridized carbons (Fsp3) is 0.0952. The molecule has 0 aliphatic rings. The first-order chi connectivity index (χ1) is 13.7. The monoisotopic (exact) mass is 369 g/mol. The third kappa shape index (κ3) is 3.14. The lowest BCUT2D eigenvalue weighted by Gasteiger charge is -2.11. The van der Waals surface area contributed by atoms with Crippen LogP contribution in [0.1, 0.15) is 11.3 Å². The van der Waals surface area contributed by atoms with E-state index < -0.39 is 0 Å². The lowest BCUT2D eigenvalue weighted by Crippen LogP contribution is -2.05. The van der Waals surface area contributed by atoms with Gasteiger partial charge in [0.25, 0.3) is 0 Å². The number of hydrogen-bond donors (Lipinski definition) is 4. The van der Waals surface area contributed by atoms with E-state index >= 15 is 0 Å². The zero-order valence-corrected chi connectivity index (χ0v) is 15.3. The second-order valence-electron chi connectivity index (χ2n) is 6.70. The van der Waals surface area contributed by atoms with Gasteiger partial charge in [-0.1, -0.05) is 12.1 Å². The van der Waals surface area contributed by atoms with Crippen LogP contribution in [0.2, 0.25) is 0 Å². The molecule has 5 rings (SSSR count). The van der Waals surface area contributed by atoms with Gasteiger partial charge in [0.05, 0.1) is 23.0 Å². The van der Waals surface area contributed by atoms with Crippen LogP contribution in [0.25, 0.3) is 21.9 Å². The average Bonchev–Trinajstić information content (AvgIpc) is 3.35. The number of aromatic nitrogens is 5. The van der Waals surface area contributed by atoms with Crippen LogP contribution in [-0.2, 0) is 6.54 Å². The summed E-state index contributed by atoms with van der Waals surface area (Å²) in [6.07, 6.45) is 3.63. The summed E-state index contributed by atoms with van der Waals surface area (Å²) in [6, 6.07) is 16.2. The molecule has 0 bridgehead atoms. The van der Waals surface area contributed by atoms with Gasteiger partial charge in [0, 0.05) is 35.4 Å². The molecule has 0 fully saturated rings. The minimum atomic E-state index is 0.570. The summed E-state index contributed by atoms with van der Waals surface area (Å²) >= 11 is 0. The van der Waals surface area contributed by atoms with Gasteiger partial charge in [0.2, 0.25) is 5.95 Å². The van der Waals surface area contributed by atoms with Crippen LogP contribution in [-0.4, -0.2) is 24.9 Å². The molecule has 5 aromatic rings. The number of anilines is 3. The van der Waals surface area contributed by atoms with Gasteiger partial charge in [-0.3, -0.25) is 0 Å². The number of aromatic amines is 2. The molecule has 0 atom stereocenters. The maximum absolute atomic E-state index is 4.62. The second-order valence-corrected chi connectivity index (χ2v) is 6.70. The van der Waals surface area contributed by atoms with Crippen molar-refractivity contribution >= 4 is 39.4 Å². The first-order valence-electron chi connectivity index (χ1n) is 9.09. The van der Waals surface area contributed by atoms with Crippen molar-refractivity contribution < 1.29 is 0 Å². The van der Waals surface area contributed by atoms with Gasteiger partial charge in [0.1, 0.15) is 5.82 Å². The van der Waals surface area contributed by atoms with Crippen molar-refractivity contribution in [2.75, 3.05) is 10.6 Å². The molecule has 0 unspecified atom stereocenters. The number of hydrogen-bond acceptors (Lipinski definition) is 5. The van der Waals surface area contributed by atoms with Crippen molar-refractivity contribution in [3.05, 3.63) is 72.3 Å². The number of benzene rings is 2. The summed E-state index contributed by atoms with van der Waals surface area (Å²) in [7, 11) is 0. The summed E-state index contributed by atoms with van der Waals surface area (Å²) in [5.41, 5.74) is 6.09. The smallest absolute Gasteiger partial charge is 0.229 e. The molecular weight excluding hydrogens is 350 g/mol. The van der Waals surface area contributed by atoms with Gasteiger partial charge < -0.3 is 20.6 Å². The van der Waals surface area contributed by atoms with Crippen LogP contribution in [0.15, 0.2) is 61.1 Å². The molecule has 0 saturated carbocycles. The fourth-order valence-electron chi connectivity index (χ4n) is 3.32. The third-order valence-corrected chi connectivity index (χ3v) is 4.65. The van der Waals surface area contributed by atoms with Crippen LogP contribution in [0, 0.1) is 6.92 Å². The Labute approximate surface area is 161 Å². The van der Waals surface area contributed by atoms with E-state index in [9.17, 15) is 0 Å². The highest BCUT2D eigenvalue weighted by atomic mass is 15.1. The molecule has 0 aliphatic heterocycles. The summed E-state index contributed by atoms with van der Waals surface area (Å²) in [5, 5.41) is 7.83. The molecule has 28 heavy (non-hydrogen) atoms. The van der Waals surface area contributed by atoms with Gasteiger partial charge in [0.15, 0.2) is 0 Å². The zero-order chi connectivity index (χ0) is 18.9. The molecule has 0 amide bonds. The molecule has 7 heteroatoms. The van der Waals surface area contributed by atoms with Crippen LogP contribution in [0.4, 0.5) is 17.5 Å². The number of nitrogens with one attached hydrogen (secondary N) is 4. The minimum Gasteiger partial charge on any atom is -0.366 e. The number of aryl methyl sites for hydroxylation is 1. The van der Waals surface area contributed by atoms with E-state index in [2.05, 4.69) is 47.7 Å². The van der Waals surface area contributed by atoms with E-state index in [4.69, 9.17) is 0 Å². The highest BCUT2D eigenvalue weighted by molar-refractivity contribution is 5.93. The summed E-state index contributed by atoms with van der Waals surface area (Å²) in [5.74, 6) is 1.35. The van der Waals surface area contributed by atoms with Crippen LogP contribution in [0.3, 0.4) is 0 Å². The van der Waals surface area contributed by atoms with Gasteiger partial charge in [-0.25, -0.2) is 9.97 Å². The molecule has 0 saturated heterocycles. The number of nitrogens with zero attached hydrogens (tertiary/aromatic N) is 3. The minimum absolute atomic E-state index is 0.570. The maximum Gasteiger partial charge on any atom is 0.229 e. The molecule has 3 heterocycles. The Bertz CT molecular complexity index is 1270. The van der Waals surface area contributed by atoms with Crippen molar-refractivity contribution in [2.24, 2.45) is 0 Å². The van der Waals surface area contributed by atoms with Crippen LogP contribution < -0.4 is 10.6 Å². The van der Waals surface area contributed by atoms with Crippen LogP contribution >= 0.6 is 0 Å². The van der Waals surface area contributed by atoms with Gasteiger partial charge in [-0.05, 0) is 42.8 Å². The Balaban J connectivity index is 1.37. The Morgan fingerprint density at radius 3 is 2.89 bits per heavy atom. The quantitative estimate of drug-likeness (QED) is 0.366. The van der Waals surface area contributed by atoms with Crippen molar-refractivity contribution in [1.29, 1.82) is 0 Å². The fourth-order valence-corrected chi connectivity index (χ4v) is 3.32. The lowest BCUT2D eigenvalue weighted by atomic mass is 10.2. The molecular formula is C21H19N7. The van der Waals surface area contributed by atoms with Gasteiger partial charge in [-0.15, -0.1) is 0 Å². The third-order valence-electron chi connectivity index (χ3n) is 4.65. The Hall–Kier alpha value is -3.87. The van der Waals surface area contributed by atoms with Crippen molar-refractivity contribution in [3.63, 3.8) is 0 Å². The number of imidazole rings is 1. The highest BCUT2D eigenvalue weighted by Crippen LogP contribution is 2.25. The standard InChI is InChI=1S/C21H19N7/c1-13-9-20(23-11-14-5-6-18-19(10-14)25-12-24-18)28-21(26-13)27-17-4-2-3-16-15(17)7-8-22-16/h2-10,12,22H,11H2,1H3,(H,24,25)(H2,23,26,27,28). The van der Waals surface area contributed by atoms with E-state index in [0.717, 1.165) is 44.7 Å². The van der Waals surface area contributed by atoms with Gasteiger partial charge >= 0.3 is 0 Å². The van der Waals surface area contributed by atoms with E-state index in [1.54, 1.807) is 6.33 Å². The van der Waals surface area contributed by atoms with E-state index in [-0.39, 0.29) is 0 Å². The summed E-state index contributed by atoms with van der Waals surface area (Å²) in [6.45, 7) is 2.63. The molecule has 0 spiro atoms. The largest absolute Gasteiger partial charge is 0.366 e. The number of H-pyrrole nitrogens is 2. The predicted molar refractivity (Wildman–Crippen MR) is 112 cm³/mol. The van der Waals surface area contributed by atoms with Crippen molar-refractivity contribution in [3.8, 4) is 0 Å². The predicted octanol–water partition coefficient (Wildman–Crippen LogP) is 4.50. The lowest BCUT2D eigenvalue weighted by molar-refractivity contribution is 1.06. The Kier molecular flexibility index (Phi) is 3.90. The average molecular weight is 369 g/mol. The van der Waals surface area contributed by atoms with E-state index in [0.29, 0.717) is 12.5 Å². The first-order valence-corrected chi connectivity index (χ1v) is 9.09. The topological polar surface area (TPSA) is 94.3 Å². The maximum atomic E-state index is 4.62. The first kappa shape index (κ1) is 16.3. The molecule has 0 radical (unpaired) electrons. The molecule has 7 nitrogen and oxygen atoms in total. The van der Waals surface area contributed by atoms with Crippen LogP contribution in [0.5, 0.6) is 0 Å². The summed E-state index contributed by atoms with van der Waals surface area (Å²) < 4.78 is 0. The molecule has 138 valence electrons.